The molecule has 0 radical (unpaired) electrons. The van der Waals surface area contributed by atoms with E-state index in [1.165, 1.54) is 0 Å². The van der Waals surface area contributed by atoms with E-state index in [1.807, 2.05) is 66.5 Å². The summed E-state index contributed by atoms with van der Waals surface area (Å²) in [5.41, 5.74) is 2.59. The number of carbonyl (C=O) groups is 2. The molecule has 4 rings (SSSR count). The second-order valence-electron chi connectivity index (χ2n) is 8.47. The number of likely N-dealkylation sites (tertiary alicyclic amines) is 1. The number of carbonyl (C=O) groups excluding carboxylic acids is 2. The van der Waals surface area contributed by atoms with Gasteiger partial charge in [-0.2, -0.15) is 5.10 Å². The molecule has 172 valence electrons. The third kappa shape index (κ3) is 5.78. The van der Waals surface area contributed by atoms with E-state index in [9.17, 15) is 9.59 Å². The van der Waals surface area contributed by atoms with Crippen molar-refractivity contribution in [1.82, 2.24) is 14.7 Å². The van der Waals surface area contributed by atoms with Gasteiger partial charge in [-0.05, 0) is 56.7 Å². The van der Waals surface area contributed by atoms with Gasteiger partial charge in [-0.1, -0.05) is 36.4 Å². The Labute approximate surface area is 194 Å². The van der Waals surface area contributed by atoms with E-state index in [-0.39, 0.29) is 0 Å². The number of nitrogens with one attached hydrogen (secondary N) is 2. The van der Waals surface area contributed by atoms with Gasteiger partial charge in [-0.15, -0.1) is 0 Å². The normalized spacial score (nSPS) is 14.6. The van der Waals surface area contributed by atoms with Crippen molar-refractivity contribution in [2.75, 3.05) is 42.7 Å². The van der Waals surface area contributed by atoms with Gasteiger partial charge in [0.2, 0.25) is 0 Å². The van der Waals surface area contributed by atoms with Gasteiger partial charge in [0.15, 0.2) is 5.82 Å². The highest BCUT2D eigenvalue weighted by molar-refractivity contribution is 6.43. The van der Waals surface area contributed by atoms with E-state index in [0.717, 1.165) is 37.2 Å². The van der Waals surface area contributed by atoms with Crippen LogP contribution in [0.5, 0.6) is 0 Å². The molecule has 1 fully saturated rings. The van der Waals surface area contributed by atoms with E-state index in [1.54, 1.807) is 12.1 Å². The molecular weight excluding hydrogens is 416 g/mol. The lowest BCUT2D eigenvalue weighted by Crippen LogP contribution is -2.32. The van der Waals surface area contributed by atoms with Crippen molar-refractivity contribution in [1.29, 1.82) is 0 Å². The summed E-state index contributed by atoms with van der Waals surface area (Å²) in [5, 5.41) is 9.82. The fourth-order valence-electron chi connectivity index (χ4n) is 4.03. The van der Waals surface area contributed by atoms with Gasteiger partial charge in [0.25, 0.3) is 0 Å². The van der Waals surface area contributed by atoms with Crippen molar-refractivity contribution in [3.05, 3.63) is 72.4 Å². The van der Waals surface area contributed by atoms with Crippen LogP contribution in [0.1, 0.15) is 24.4 Å². The smallest absolute Gasteiger partial charge is 0.315 e. The standard InChI is InChI=1S/C25H30N6O2/c1-29-15-12-21(13-16-29)31-17-14-23(28-31)27-25(33)24(32)26-22-11-7-6-8-19(22)18-30(2)20-9-4-3-5-10-20/h3-11,14,17,21H,12-13,15-16,18H2,1-2H3,(H,26,32)(H,27,28,33). The van der Waals surface area contributed by atoms with Crippen LogP contribution in [0.15, 0.2) is 66.9 Å². The molecule has 2 aromatic carbocycles. The highest BCUT2D eigenvalue weighted by atomic mass is 16.2. The molecule has 8 heteroatoms. The molecular formula is C25H30N6O2. The average Bonchev–Trinajstić information content (AvgIpc) is 3.29. The summed E-state index contributed by atoms with van der Waals surface area (Å²) in [6, 6.07) is 19.5. The zero-order valence-corrected chi connectivity index (χ0v) is 19.1. The minimum Gasteiger partial charge on any atom is -0.370 e. The van der Waals surface area contributed by atoms with Gasteiger partial charge in [0.05, 0.1) is 6.04 Å². The molecule has 0 spiro atoms. The molecule has 2 amide bonds. The molecule has 1 saturated heterocycles. The molecule has 33 heavy (non-hydrogen) atoms. The molecule has 0 saturated carbocycles. The first-order chi connectivity index (χ1) is 16.0. The molecule has 1 aromatic heterocycles. The Morgan fingerprint density at radius 2 is 1.64 bits per heavy atom. The third-order valence-corrected chi connectivity index (χ3v) is 5.99. The maximum atomic E-state index is 12.6. The second-order valence-corrected chi connectivity index (χ2v) is 8.47. The van der Waals surface area contributed by atoms with E-state index >= 15 is 0 Å². The molecule has 0 aliphatic carbocycles. The number of para-hydroxylation sites is 2. The van der Waals surface area contributed by atoms with Crippen molar-refractivity contribution < 1.29 is 9.59 Å². The zero-order chi connectivity index (χ0) is 23.2. The fourth-order valence-corrected chi connectivity index (χ4v) is 4.03. The first-order valence-corrected chi connectivity index (χ1v) is 11.2. The van der Waals surface area contributed by atoms with Crippen molar-refractivity contribution in [2.45, 2.75) is 25.4 Å². The van der Waals surface area contributed by atoms with Crippen LogP contribution in [0.3, 0.4) is 0 Å². The van der Waals surface area contributed by atoms with Crippen molar-refractivity contribution in [3.8, 4) is 0 Å². The van der Waals surface area contributed by atoms with Crippen molar-refractivity contribution in [2.24, 2.45) is 0 Å². The minimum atomic E-state index is -0.741. The quantitative estimate of drug-likeness (QED) is 0.568. The Kier molecular flexibility index (Phi) is 7.04. The zero-order valence-electron chi connectivity index (χ0n) is 19.1. The molecule has 1 aliphatic heterocycles. The van der Waals surface area contributed by atoms with Crippen LogP contribution in [0.25, 0.3) is 0 Å². The molecule has 0 bridgehead atoms. The van der Waals surface area contributed by atoms with Crippen LogP contribution in [0.4, 0.5) is 17.2 Å². The fraction of sp³-hybridized carbons (Fsp3) is 0.320. The lowest BCUT2D eigenvalue weighted by Gasteiger charge is -2.28. The van der Waals surface area contributed by atoms with E-state index in [0.29, 0.717) is 24.1 Å². The Bertz CT molecular complexity index is 1090. The summed E-state index contributed by atoms with van der Waals surface area (Å²) in [4.78, 5) is 29.5. The van der Waals surface area contributed by atoms with E-state index < -0.39 is 11.8 Å². The summed E-state index contributed by atoms with van der Waals surface area (Å²) >= 11 is 0. The maximum absolute atomic E-state index is 12.6. The minimum absolute atomic E-state index is 0.314. The van der Waals surface area contributed by atoms with Crippen LogP contribution in [0, 0.1) is 0 Å². The SMILES string of the molecule is CN1CCC(n2ccc(NC(=O)C(=O)Nc3ccccc3CN(C)c3ccccc3)n2)CC1. The van der Waals surface area contributed by atoms with Crippen LogP contribution in [0.2, 0.25) is 0 Å². The van der Waals surface area contributed by atoms with Gasteiger partial charge < -0.3 is 20.4 Å². The summed E-state index contributed by atoms with van der Waals surface area (Å²) < 4.78 is 1.88. The maximum Gasteiger partial charge on any atom is 0.315 e. The molecule has 2 N–H and O–H groups in total. The molecule has 0 atom stereocenters. The van der Waals surface area contributed by atoms with Crippen LogP contribution in [-0.4, -0.2) is 53.7 Å². The van der Waals surface area contributed by atoms with Gasteiger partial charge in [-0.3, -0.25) is 14.3 Å². The van der Waals surface area contributed by atoms with E-state index in [4.69, 9.17) is 0 Å². The van der Waals surface area contributed by atoms with E-state index in [2.05, 4.69) is 32.6 Å². The number of benzene rings is 2. The van der Waals surface area contributed by atoms with Crippen LogP contribution < -0.4 is 15.5 Å². The number of rotatable bonds is 6. The summed E-state index contributed by atoms with van der Waals surface area (Å²) in [7, 11) is 4.10. The number of amides is 2. The van der Waals surface area contributed by atoms with Gasteiger partial charge in [-0.25, -0.2) is 0 Å². The summed E-state index contributed by atoms with van der Waals surface area (Å²) in [5.74, 6) is -1.08. The Morgan fingerprint density at radius 3 is 2.39 bits per heavy atom. The highest BCUT2D eigenvalue weighted by Crippen LogP contribution is 2.22. The lowest BCUT2D eigenvalue weighted by molar-refractivity contribution is -0.133. The second kappa shape index (κ2) is 10.3. The molecule has 0 unspecified atom stereocenters. The highest BCUT2D eigenvalue weighted by Gasteiger charge is 2.21. The average molecular weight is 447 g/mol. The largest absolute Gasteiger partial charge is 0.370 e. The van der Waals surface area contributed by atoms with Crippen LogP contribution in [-0.2, 0) is 16.1 Å². The molecule has 2 heterocycles. The molecule has 1 aliphatic rings. The molecule has 3 aromatic rings. The summed E-state index contributed by atoms with van der Waals surface area (Å²) in [6.45, 7) is 2.63. The lowest BCUT2D eigenvalue weighted by atomic mass is 10.1. The van der Waals surface area contributed by atoms with Crippen molar-refractivity contribution >= 4 is 29.0 Å². The van der Waals surface area contributed by atoms with Crippen molar-refractivity contribution in [3.63, 3.8) is 0 Å². The predicted octanol–water partition coefficient (Wildman–Crippen LogP) is 3.36. The number of anilines is 3. The number of hydrogen-bond acceptors (Lipinski definition) is 5. The first kappa shape index (κ1) is 22.5. The predicted molar refractivity (Wildman–Crippen MR) is 130 cm³/mol. The Hall–Kier alpha value is -3.65. The Morgan fingerprint density at radius 1 is 0.970 bits per heavy atom. The monoisotopic (exact) mass is 446 g/mol. The molecule has 8 nitrogen and oxygen atoms in total. The number of piperidine rings is 1. The van der Waals surface area contributed by atoms with Gasteiger partial charge in [0, 0.05) is 37.2 Å². The topological polar surface area (TPSA) is 82.5 Å². The van der Waals surface area contributed by atoms with Gasteiger partial charge >= 0.3 is 11.8 Å². The van der Waals surface area contributed by atoms with Crippen LogP contribution >= 0.6 is 0 Å². The summed E-state index contributed by atoms with van der Waals surface area (Å²) in [6.07, 6.45) is 3.89. The number of hydrogen-bond donors (Lipinski definition) is 2. The Balaban J connectivity index is 1.36. The first-order valence-electron chi connectivity index (χ1n) is 11.2. The number of aromatic nitrogens is 2. The van der Waals surface area contributed by atoms with Gasteiger partial charge in [0.1, 0.15) is 0 Å². The number of nitrogens with zero attached hydrogens (tertiary/aromatic N) is 4. The third-order valence-electron chi connectivity index (χ3n) is 5.99.